The maximum atomic E-state index is 12.3. The van der Waals surface area contributed by atoms with Crippen molar-refractivity contribution in [3.63, 3.8) is 0 Å². The highest BCUT2D eigenvalue weighted by Gasteiger charge is 2.12. The van der Waals surface area contributed by atoms with Crippen molar-refractivity contribution in [3.05, 3.63) is 53.3 Å². The van der Waals surface area contributed by atoms with Crippen LogP contribution in [0.4, 0.5) is 10.5 Å². The number of nitriles is 1. The van der Waals surface area contributed by atoms with E-state index in [1.807, 2.05) is 19.1 Å². The first kappa shape index (κ1) is 15.5. The van der Waals surface area contributed by atoms with Gasteiger partial charge in [-0.25, -0.2) is 9.78 Å². The number of nitrogens with one attached hydrogen (secondary N) is 1. The molecule has 120 valence electrons. The predicted octanol–water partition coefficient (Wildman–Crippen LogP) is 3.07. The molecule has 0 saturated carbocycles. The molecule has 0 aliphatic heterocycles. The second-order valence-corrected chi connectivity index (χ2v) is 5.44. The van der Waals surface area contributed by atoms with Gasteiger partial charge in [0.05, 0.1) is 34.6 Å². The van der Waals surface area contributed by atoms with E-state index in [2.05, 4.69) is 21.5 Å². The molecule has 0 fully saturated rings. The highest BCUT2D eigenvalue weighted by molar-refractivity contribution is 5.91. The van der Waals surface area contributed by atoms with Gasteiger partial charge in [-0.05, 0) is 30.7 Å². The molecule has 0 saturated heterocycles. The van der Waals surface area contributed by atoms with Gasteiger partial charge in [0.2, 0.25) is 0 Å². The molecule has 0 atom stereocenters. The molecule has 0 aliphatic carbocycles. The zero-order valence-corrected chi connectivity index (χ0v) is 13.3. The lowest BCUT2D eigenvalue weighted by atomic mass is 10.1. The molecule has 2 aromatic heterocycles. The molecule has 2 amide bonds. The number of fused-ring (bicyclic) bond motifs is 1. The number of urea groups is 1. The SMILES string of the molecule is Cc1noc2ncc(NC(=O)N(C)Cc3ccc(C#N)cc3)cc12. The zero-order chi connectivity index (χ0) is 17.1. The van der Waals surface area contributed by atoms with E-state index in [4.69, 9.17) is 9.78 Å². The molecule has 0 radical (unpaired) electrons. The monoisotopic (exact) mass is 321 g/mol. The number of hydrogen-bond donors (Lipinski definition) is 1. The lowest BCUT2D eigenvalue weighted by Crippen LogP contribution is -2.30. The Hall–Kier alpha value is -3.40. The number of aryl methyl sites for hydroxylation is 1. The molecule has 1 N–H and O–H groups in total. The number of nitrogens with zero attached hydrogens (tertiary/aromatic N) is 4. The van der Waals surface area contributed by atoms with Crippen molar-refractivity contribution < 1.29 is 9.32 Å². The second-order valence-electron chi connectivity index (χ2n) is 5.44. The first-order chi connectivity index (χ1) is 11.6. The van der Waals surface area contributed by atoms with Crippen LogP contribution in [0.25, 0.3) is 11.1 Å². The van der Waals surface area contributed by atoms with E-state index in [1.165, 1.54) is 6.20 Å². The van der Waals surface area contributed by atoms with Gasteiger partial charge in [0, 0.05) is 13.6 Å². The van der Waals surface area contributed by atoms with Gasteiger partial charge < -0.3 is 14.7 Å². The van der Waals surface area contributed by atoms with Crippen molar-refractivity contribution in [3.8, 4) is 6.07 Å². The predicted molar refractivity (Wildman–Crippen MR) is 88.2 cm³/mol. The fourth-order valence-electron chi connectivity index (χ4n) is 2.26. The summed E-state index contributed by atoms with van der Waals surface area (Å²) in [6, 6.07) is 10.7. The second kappa shape index (κ2) is 6.38. The number of pyridine rings is 1. The van der Waals surface area contributed by atoms with E-state index in [-0.39, 0.29) is 6.03 Å². The summed E-state index contributed by atoms with van der Waals surface area (Å²) in [5.41, 5.74) is 3.27. The van der Waals surface area contributed by atoms with E-state index in [1.54, 1.807) is 30.1 Å². The fourth-order valence-corrected chi connectivity index (χ4v) is 2.26. The van der Waals surface area contributed by atoms with Gasteiger partial charge in [-0.15, -0.1) is 0 Å². The van der Waals surface area contributed by atoms with Gasteiger partial charge in [0.1, 0.15) is 0 Å². The molecule has 7 nitrogen and oxygen atoms in total. The summed E-state index contributed by atoms with van der Waals surface area (Å²) in [5, 5.41) is 16.2. The molecule has 1 aromatic carbocycles. The number of amides is 2. The van der Waals surface area contributed by atoms with Crippen LogP contribution < -0.4 is 5.32 Å². The number of carbonyl (C=O) groups excluding carboxylic acids is 1. The standard InChI is InChI=1S/C17H15N5O2/c1-11-15-7-14(9-19-16(15)24-21-11)20-17(23)22(2)10-13-5-3-12(8-18)4-6-13/h3-7,9H,10H2,1-2H3,(H,20,23). The summed E-state index contributed by atoms with van der Waals surface area (Å²) < 4.78 is 5.05. The molecule has 0 spiro atoms. The average Bonchev–Trinajstić information content (AvgIpc) is 2.96. The number of aromatic nitrogens is 2. The van der Waals surface area contributed by atoms with Crippen molar-refractivity contribution >= 4 is 22.8 Å². The number of carbonyl (C=O) groups is 1. The molecule has 0 unspecified atom stereocenters. The Labute approximate surface area is 138 Å². The quantitative estimate of drug-likeness (QED) is 0.800. The van der Waals surface area contributed by atoms with Crippen LogP contribution in [0.1, 0.15) is 16.8 Å². The van der Waals surface area contributed by atoms with Crippen LogP contribution >= 0.6 is 0 Å². The summed E-state index contributed by atoms with van der Waals surface area (Å²) in [4.78, 5) is 18.0. The smallest absolute Gasteiger partial charge is 0.321 e. The van der Waals surface area contributed by atoms with Crippen molar-refractivity contribution in [2.24, 2.45) is 0 Å². The maximum Gasteiger partial charge on any atom is 0.321 e. The van der Waals surface area contributed by atoms with Crippen LogP contribution in [0.15, 0.2) is 41.1 Å². The molecule has 0 bridgehead atoms. The summed E-state index contributed by atoms with van der Waals surface area (Å²) in [7, 11) is 1.70. The van der Waals surface area contributed by atoms with Gasteiger partial charge >= 0.3 is 6.03 Å². The maximum absolute atomic E-state index is 12.3. The summed E-state index contributed by atoms with van der Waals surface area (Å²) >= 11 is 0. The van der Waals surface area contributed by atoms with E-state index >= 15 is 0 Å². The minimum Gasteiger partial charge on any atom is -0.336 e. The Kier molecular flexibility index (Phi) is 4.12. The van der Waals surface area contributed by atoms with E-state index in [0.717, 1.165) is 16.6 Å². The lowest BCUT2D eigenvalue weighted by Gasteiger charge is -2.18. The number of hydrogen-bond acceptors (Lipinski definition) is 5. The minimum absolute atomic E-state index is 0.255. The van der Waals surface area contributed by atoms with Crippen LogP contribution in [-0.2, 0) is 6.54 Å². The van der Waals surface area contributed by atoms with Crippen LogP contribution in [0.3, 0.4) is 0 Å². The highest BCUT2D eigenvalue weighted by Crippen LogP contribution is 2.19. The zero-order valence-electron chi connectivity index (χ0n) is 13.3. The third-order valence-electron chi connectivity index (χ3n) is 3.61. The Morgan fingerprint density at radius 1 is 1.38 bits per heavy atom. The average molecular weight is 321 g/mol. The molecule has 2 heterocycles. The van der Waals surface area contributed by atoms with Gasteiger partial charge in [-0.3, -0.25) is 0 Å². The Morgan fingerprint density at radius 3 is 2.83 bits per heavy atom. The van der Waals surface area contributed by atoms with Gasteiger partial charge in [-0.2, -0.15) is 5.26 Å². The van der Waals surface area contributed by atoms with Gasteiger partial charge in [-0.1, -0.05) is 17.3 Å². The van der Waals surface area contributed by atoms with Crippen LogP contribution in [0, 0.1) is 18.3 Å². The molecule has 3 rings (SSSR count). The van der Waals surface area contributed by atoms with Crippen molar-refractivity contribution in [2.45, 2.75) is 13.5 Å². The normalized spacial score (nSPS) is 10.4. The summed E-state index contributed by atoms with van der Waals surface area (Å²) in [6.07, 6.45) is 1.53. The number of benzene rings is 1. The summed E-state index contributed by atoms with van der Waals surface area (Å²) in [6.45, 7) is 2.25. The van der Waals surface area contributed by atoms with Crippen molar-refractivity contribution in [2.75, 3.05) is 12.4 Å². The van der Waals surface area contributed by atoms with Crippen molar-refractivity contribution in [1.29, 1.82) is 5.26 Å². The van der Waals surface area contributed by atoms with E-state index < -0.39 is 0 Å². The molecule has 7 heteroatoms. The van der Waals surface area contributed by atoms with E-state index in [0.29, 0.717) is 23.5 Å². The van der Waals surface area contributed by atoms with Crippen LogP contribution in [-0.4, -0.2) is 28.1 Å². The highest BCUT2D eigenvalue weighted by atomic mass is 16.5. The largest absolute Gasteiger partial charge is 0.336 e. The topological polar surface area (TPSA) is 95.1 Å². The minimum atomic E-state index is -0.255. The Balaban J connectivity index is 1.68. The molecular weight excluding hydrogens is 306 g/mol. The Morgan fingerprint density at radius 2 is 2.12 bits per heavy atom. The first-order valence-electron chi connectivity index (χ1n) is 7.30. The summed E-state index contributed by atoms with van der Waals surface area (Å²) in [5.74, 6) is 0. The van der Waals surface area contributed by atoms with Crippen molar-refractivity contribution in [1.82, 2.24) is 15.0 Å². The molecular formula is C17H15N5O2. The first-order valence-corrected chi connectivity index (χ1v) is 7.30. The van der Waals surface area contributed by atoms with Gasteiger partial charge in [0.15, 0.2) is 0 Å². The number of rotatable bonds is 3. The Bertz CT molecular complexity index is 924. The molecule has 24 heavy (non-hydrogen) atoms. The molecule has 3 aromatic rings. The lowest BCUT2D eigenvalue weighted by molar-refractivity contribution is 0.220. The third-order valence-corrected chi connectivity index (χ3v) is 3.61. The third kappa shape index (κ3) is 3.17. The molecule has 0 aliphatic rings. The van der Waals surface area contributed by atoms with Gasteiger partial charge in [0.25, 0.3) is 5.71 Å². The fraction of sp³-hybridized carbons (Fsp3) is 0.176. The number of anilines is 1. The van der Waals surface area contributed by atoms with E-state index in [9.17, 15) is 4.79 Å². The van der Waals surface area contributed by atoms with Crippen LogP contribution in [0.2, 0.25) is 0 Å². The van der Waals surface area contributed by atoms with Crippen LogP contribution in [0.5, 0.6) is 0 Å².